The van der Waals surface area contributed by atoms with Crippen LogP contribution in [-0.4, -0.2) is 32.7 Å². The number of ether oxygens (including phenoxy) is 1. The average molecular weight is 450 g/mol. The van der Waals surface area contributed by atoms with Gasteiger partial charge < -0.3 is 14.4 Å². The molecule has 0 amide bonds. The first kappa shape index (κ1) is 23.7. The van der Waals surface area contributed by atoms with Crippen LogP contribution in [0.5, 0.6) is 5.75 Å². The van der Waals surface area contributed by atoms with Gasteiger partial charge in [0.1, 0.15) is 5.82 Å². The van der Waals surface area contributed by atoms with Crippen LogP contribution in [-0.2, 0) is 24.2 Å². The van der Waals surface area contributed by atoms with Crippen LogP contribution in [0.3, 0.4) is 0 Å². The third-order valence-corrected chi connectivity index (χ3v) is 5.37. The van der Waals surface area contributed by atoms with E-state index in [1.807, 2.05) is 34.9 Å². The summed E-state index contributed by atoms with van der Waals surface area (Å²) in [7, 11) is 1.40. The summed E-state index contributed by atoms with van der Waals surface area (Å²) in [6.07, 6.45) is 6.03. The number of benzene rings is 2. The molecule has 0 fully saturated rings. The highest BCUT2D eigenvalue weighted by atomic mass is 16.6. The molecule has 3 aromatic rings. The molecule has 0 saturated carbocycles. The van der Waals surface area contributed by atoms with Crippen LogP contribution in [0.15, 0.2) is 60.3 Å². The molecule has 1 N–H and O–H groups in total. The van der Waals surface area contributed by atoms with Crippen molar-refractivity contribution in [3.05, 3.63) is 93.1 Å². The first-order chi connectivity index (χ1) is 15.9. The molecular weight excluding hydrogens is 422 g/mol. The number of aromatic nitrogens is 2. The number of imidazole rings is 1. The van der Waals surface area contributed by atoms with E-state index in [1.165, 1.54) is 7.11 Å². The Morgan fingerprint density at radius 1 is 1.21 bits per heavy atom. The molecular formula is C25H27N3O5. The Labute approximate surface area is 192 Å². The SMILES string of the molecule is CCCCc1ncc(/C=C(\Cc2ccccc2)C(=O)O)n1Cc1cccc(OC)c1[N+](=O)[O-]. The molecule has 0 saturated heterocycles. The van der Waals surface area contributed by atoms with Gasteiger partial charge in [0, 0.05) is 18.4 Å². The Kier molecular flexibility index (Phi) is 7.96. The lowest BCUT2D eigenvalue weighted by atomic mass is 10.0. The summed E-state index contributed by atoms with van der Waals surface area (Å²) >= 11 is 0. The minimum Gasteiger partial charge on any atom is -0.490 e. The number of hydrogen-bond acceptors (Lipinski definition) is 5. The zero-order valence-electron chi connectivity index (χ0n) is 18.7. The predicted octanol–water partition coefficient (Wildman–Crippen LogP) is 4.90. The summed E-state index contributed by atoms with van der Waals surface area (Å²) in [5, 5.41) is 21.6. The van der Waals surface area contributed by atoms with Gasteiger partial charge in [0.25, 0.3) is 0 Å². The van der Waals surface area contributed by atoms with Crippen molar-refractivity contribution < 1.29 is 19.6 Å². The number of carbonyl (C=O) groups is 1. The summed E-state index contributed by atoms with van der Waals surface area (Å²) in [5.41, 5.74) is 2.04. The number of para-hydroxylation sites is 1. The maximum Gasteiger partial charge on any atom is 0.331 e. The van der Waals surface area contributed by atoms with E-state index < -0.39 is 10.9 Å². The molecule has 8 nitrogen and oxygen atoms in total. The third kappa shape index (κ3) is 5.85. The van der Waals surface area contributed by atoms with Crippen molar-refractivity contribution in [3.63, 3.8) is 0 Å². The molecule has 0 aliphatic carbocycles. The molecule has 0 unspecified atom stereocenters. The maximum absolute atomic E-state index is 12.0. The van der Waals surface area contributed by atoms with Crippen LogP contribution in [0.1, 0.15) is 42.4 Å². The van der Waals surface area contributed by atoms with Crippen molar-refractivity contribution in [1.82, 2.24) is 9.55 Å². The minimum atomic E-state index is -1.02. The molecule has 2 aromatic carbocycles. The summed E-state index contributed by atoms with van der Waals surface area (Å²) < 4.78 is 7.05. The Bertz CT molecular complexity index is 1150. The smallest absolute Gasteiger partial charge is 0.331 e. The standard InChI is InChI=1S/C25H27N3O5/c1-3-4-13-23-26-16-21(15-20(25(29)30)14-18-9-6-5-7-10-18)27(23)17-19-11-8-12-22(33-2)24(19)28(31)32/h5-12,15-16H,3-4,13-14,17H2,1-2H3,(H,29,30)/b20-15+. The maximum atomic E-state index is 12.0. The average Bonchev–Trinajstić information content (AvgIpc) is 3.18. The number of aryl methyl sites for hydroxylation is 1. The first-order valence-electron chi connectivity index (χ1n) is 10.8. The number of carboxylic acids is 1. The Hall–Kier alpha value is -3.94. The molecule has 0 bridgehead atoms. The van der Waals surface area contributed by atoms with Gasteiger partial charge in [-0.25, -0.2) is 9.78 Å². The second-order valence-electron chi connectivity index (χ2n) is 7.65. The fourth-order valence-corrected chi connectivity index (χ4v) is 3.68. The van der Waals surface area contributed by atoms with Crippen molar-refractivity contribution in [2.45, 2.75) is 39.2 Å². The topological polar surface area (TPSA) is 107 Å². The predicted molar refractivity (Wildman–Crippen MR) is 125 cm³/mol. The van der Waals surface area contributed by atoms with E-state index in [0.717, 1.165) is 24.2 Å². The van der Waals surface area contributed by atoms with Gasteiger partial charge >= 0.3 is 11.7 Å². The highest BCUT2D eigenvalue weighted by molar-refractivity contribution is 5.92. The number of methoxy groups -OCH3 is 1. The zero-order chi connectivity index (χ0) is 23.8. The number of hydrogen-bond donors (Lipinski definition) is 1. The van der Waals surface area contributed by atoms with Crippen LogP contribution in [0.2, 0.25) is 0 Å². The van der Waals surface area contributed by atoms with Crippen molar-refractivity contribution in [2.75, 3.05) is 7.11 Å². The van der Waals surface area contributed by atoms with Gasteiger partial charge in [-0.15, -0.1) is 0 Å². The summed E-state index contributed by atoms with van der Waals surface area (Å²) in [6.45, 7) is 2.25. The first-order valence-corrected chi connectivity index (χ1v) is 10.8. The lowest BCUT2D eigenvalue weighted by molar-refractivity contribution is -0.386. The molecule has 0 radical (unpaired) electrons. The van der Waals surface area contributed by atoms with Crippen LogP contribution < -0.4 is 4.74 Å². The quantitative estimate of drug-likeness (QED) is 0.253. The molecule has 0 spiro atoms. The summed E-state index contributed by atoms with van der Waals surface area (Å²) in [5.74, 6) is -0.0844. The Balaban J connectivity index is 2.06. The van der Waals surface area contributed by atoms with Gasteiger partial charge in [0.2, 0.25) is 0 Å². The summed E-state index contributed by atoms with van der Waals surface area (Å²) in [6, 6.07) is 14.3. The number of rotatable bonds is 11. The van der Waals surface area contributed by atoms with Gasteiger partial charge in [-0.3, -0.25) is 10.1 Å². The molecule has 8 heteroatoms. The van der Waals surface area contributed by atoms with Gasteiger partial charge in [-0.1, -0.05) is 55.8 Å². The van der Waals surface area contributed by atoms with Crippen LogP contribution in [0, 0.1) is 10.1 Å². The molecule has 3 rings (SSSR count). The van der Waals surface area contributed by atoms with Crippen molar-refractivity contribution in [1.29, 1.82) is 0 Å². The fraction of sp³-hybridized carbons (Fsp3) is 0.280. The largest absolute Gasteiger partial charge is 0.490 e. The Morgan fingerprint density at radius 3 is 2.61 bits per heavy atom. The normalized spacial score (nSPS) is 11.4. The molecule has 1 aromatic heterocycles. The molecule has 1 heterocycles. The molecule has 172 valence electrons. The van der Waals surface area contributed by atoms with E-state index in [-0.39, 0.29) is 30.0 Å². The fourth-order valence-electron chi connectivity index (χ4n) is 3.68. The van der Waals surface area contributed by atoms with E-state index in [4.69, 9.17) is 4.74 Å². The van der Waals surface area contributed by atoms with E-state index in [2.05, 4.69) is 11.9 Å². The van der Waals surface area contributed by atoms with Crippen molar-refractivity contribution in [2.24, 2.45) is 0 Å². The molecule has 0 aliphatic heterocycles. The lowest BCUT2D eigenvalue weighted by Crippen LogP contribution is -2.11. The number of nitro benzene ring substituents is 1. The molecule has 0 atom stereocenters. The van der Waals surface area contributed by atoms with Gasteiger partial charge in [-0.05, 0) is 24.1 Å². The van der Waals surface area contributed by atoms with Crippen LogP contribution in [0.4, 0.5) is 5.69 Å². The minimum absolute atomic E-state index is 0.104. The van der Waals surface area contributed by atoms with E-state index in [1.54, 1.807) is 30.5 Å². The number of nitrogens with zero attached hydrogens (tertiary/aromatic N) is 3. The van der Waals surface area contributed by atoms with Crippen LogP contribution in [0.25, 0.3) is 6.08 Å². The lowest BCUT2D eigenvalue weighted by Gasteiger charge is -2.13. The summed E-state index contributed by atoms with van der Waals surface area (Å²) in [4.78, 5) is 27.8. The molecule has 33 heavy (non-hydrogen) atoms. The van der Waals surface area contributed by atoms with E-state index in [9.17, 15) is 20.0 Å². The highest BCUT2D eigenvalue weighted by Gasteiger charge is 2.22. The second-order valence-corrected chi connectivity index (χ2v) is 7.65. The van der Waals surface area contributed by atoms with Gasteiger partial charge in [-0.2, -0.15) is 0 Å². The Morgan fingerprint density at radius 2 is 1.97 bits per heavy atom. The number of carboxylic acid groups (broad SMARTS) is 1. The molecule has 0 aliphatic rings. The van der Waals surface area contributed by atoms with Gasteiger partial charge in [0.15, 0.2) is 5.75 Å². The second kappa shape index (κ2) is 11.1. The zero-order valence-corrected chi connectivity index (χ0v) is 18.7. The van der Waals surface area contributed by atoms with E-state index >= 15 is 0 Å². The number of unbranched alkanes of at least 4 members (excludes halogenated alkanes) is 1. The van der Waals surface area contributed by atoms with Crippen LogP contribution >= 0.6 is 0 Å². The van der Waals surface area contributed by atoms with Crippen molar-refractivity contribution in [3.8, 4) is 5.75 Å². The highest BCUT2D eigenvalue weighted by Crippen LogP contribution is 2.32. The van der Waals surface area contributed by atoms with Gasteiger partial charge in [0.05, 0.1) is 36.0 Å². The number of aliphatic carboxylic acids is 1. The monoisotopic (exact) mass is 449 g/mol. The van der Waals surface area contributed by atoms with E-state index in [0.29, 0.717) is 17.7 Å². The number of nitro groups is 1. The third-order valence-electron chi connectivity index (χ3n) is 5.37. The van der Waals surface area contributed by atoms with Crippen molar-refractivity contribution >= 4 is 17.7 Å².